The Labute approximate surface area is 144 Å². The van der Waals surface area contributed by atoms with Crippen molar-refractivity contribution in [3.8, 4) is 5.75 Å². The van der Waals surface area contributed by atoms with Crippen molar-refractivity contribution in [2.75, 3.05) is 19.0 Å². The highest BCUT2D eigenvalue weighted by molar-refractivity contribution is 5.93. The summed E-state index contributed by atoms with van der Waals surface area (Å²) in [5, 5.41) is 17.0. The molecule has 0 heterocycles. The van der Waals surface area contributed by atoms with Crippen LogP contribution in [0.5, 0.6) is 5.75 Å². The van der Waals surface area contributed by atoms with Crippen molar-refractivity contribution >= 4 is 23.5 Å². The van der Waals surface area contributed by atoms with Gasteiger partial charge in [-0.2, -0.15) is 0 Å². The molecule has 0 aliphatic carbocycles. The van der Waals surface area contributed by atoms with Crippen LogP contribution in [0.25, 0.3) is 0 Å². The molecular formula is C17H17N3O5. The Morgan fingerprint density at radius 3 is 2.84 bits per heavy atom. The van der Waals surface area contributed by atoms with Crippen molar-refractivity contribution in [3.63, 3.8) is 0 Å². The highest BCUT2D eigenvalue weighted by Gasteiger charge is 2.08. The standard InChI is InChI=1S/C17H17N3O5/c1-12-6-7-16(24-2)15(8-12)19-17(21)11-25-18-10-13-4-3-5-14(9-13)20(22)23/h3-10H,11H2,1-2H3,(H,19,21)/b18-10-. The molecule has 0 spiro atoms. The molecule has 8 heteroatoms. The van der Waals surface area contributed by atoms with Crippen LogP contribution < -0.4 is 10.1 Å². The van der Waals surface area contributed by atoms with Crippen molar-refractivity contribution < 1.29 is 19.3 Å². The number of non-ortho nitro benzene ring substituents is 1. The molecule has 0 bridgehead atoms. The van der Waals surface area contributed by atoms with Gasteiger partial charge in [0.05, 0.1) is 23.9 Å². The molecule has 1 N–H and O–H groups in total. The first-order chi connectivity index (χ1) is 12.0. The number of nitrogens with one attached hydrogen (secondary N) is 1. The lowest BCUT2D eigenvalue weighted by Gasteiger charge is -2.10. The van der Waals surface area contributed by atoms with E-state index in [4.69, 9.17) is 9.57 Å². The summed E-state index contributed by atoms with van der Waals surface area (Å²) in [6.07, 6.45) is 1.30. The van der Waals surface area contributed by atoms with Crippen LogP contribution >= 0.6 is 0 Å². The fourth-order valence-corrected chi connectivity index (χ4v) is 2.02. The van der Waals surface area contributed by atoms with Crippen LogP contribution in [0.4, 0.5) is 11.4 Å². The van der Waals surface area contributed by atoms with E-state index >= 15 is 0 Å². The number of ether oxygens (including phenoxy) is 1. The van der Waals surface area contributed by atoms with Crippen LogP contribution in [0.1, 0.15) is 11.1 Å². The average Bonchev–Trinajstić information content (AvgIpc) is 2.59. The lowest BCUT2D eigenvalue weighted by Crippen LogP contribution is -2.17. The molecule has 0 aromatic heterocycles. The Balaban J connectivity index is 1.89. The molecule has 0 aliphatic heterocycles. The van der Waals surface area contributed by atoms with Gasteiger partial charge >= 0.3 is 0 Å². The van der Waals surface area contributed by atoms with Crippen molar-refractivity contribution in [2.45, 2.75) is 6.92 Å². The lowest BCUT2D eigenvalue weighted by atomic mass is 10.2. The number of nitro benzene ring substituents is 1. The van der Waals surface area contributed by atoms with E-state index in [0.717, 1.165) is 5.56 Å². The zero-order valence-electron chi connectivity index (χ0n) is 13.8. The number of hydrogen-bond donors (Lipinski definition) is 1. The van der Waals surface area contributed by atoms with Crippen LogP contribution in [0, 0.1) is 17.0 Å². The molecule has 0 saturated carbocycles. The number of methoxy groups -OCH3 is 1. The molecule has 0 saturated heterocycles. The Morgan fingerprint density at radius 2 is 2.12 bits per heavy atom. The molecule has 0 radical (unpaired) electrons. The van der Waals surface area contributed by atoms with Crippen molar-refractivity contribution in [2.24, 2.45) is 5.16 Å². The van der Waals surface area contributed by atoms with Crippen LogP contribution in [-0.4, -0.2) is 30.8 Å². The van der Waals surface area contributed by atoms with E-state index in [0.29, 0.717) is 17.0 Å². The third kappa shape index (κ3) is 5.31. The maximum Gasteiger partial charge on any atom is 0.270 e. The summed E-state index contributed by atoms with van der Waals surface area (Å²) in [6.45, 7) is 1.59. The van der Waals surface area contributed by atoms with Gasteiger partial charge in [-0.05, 0) is 24.6 Å². The van der Waals surface area contributed by atoms with Gasteiger partial charge in [-0.15, -0.1) is 0 Å². The molecule has 0 aliphatic rings. The molecule has 2 aromatic carbocycles. The number of nitro groups is 1. The normalized spacial score (nSPS) is 10.5. The first-order valence-corrected chi connectivity index (χ1v) is 7.34. The number of amides is 1. The van der Waals surface area contributed by atoms with Gasteiger partial charge in [0.15, 0.2) is 6.61 Å². The Morgan fingerprint density at radius 1 is 1.32 bits per heavy atom. The summed E-state index contributed by atoms with van der Waals surface area (Å²) < 4.78 is 5.18. The van der Waals surface area contributed by atoms with Gasteiger partial charge in [0.25, 0.3) is 11.6 Å². The summed E-state index contributed by atoms with van der Waals surface area (Å²) in [5.74, 6) is 0.138. The molecular weight excluding hydrogens is 326 g/mol. The summed E-state index contributed by atoms with van der Waals surface area (Å²) in [6, 6.07) is 11.3. The molecule has 130 valence electrons. The van der Waals surface area contributed by atoms with Gasteiger partial charge in [0.1, 0.15) is 5.75 Å². The number of benzene rings is 2. The smallest absolute Gasteiger partial charge is 0.270 e. The second-order valence-corrected chi connectivity index (χ2v) is 5.11. The maximum absolute atomic E-state index is 11.9. The zero-order chi connectivity index (χ0) is 18.2. The fraction of sp³-hybridized carbons (Fsp3) is 0.176. The molecule has 0 fully saturated rings. The topological polar surface area (TPSA) is 103 Å². The molecule has 25 heavy (non-hydrogen) atoms. The van der Waals surface area contributed by atoms with E-state index in [1.807, 2.05) is 13.0 Å². The largest absolute Gasteiger partial charge is 0.495 e. The van der Waals surface area contributed by atoms with Crippen molar-refractivity contribution in [1.82, 2.24) is 0 Å². The Kier molecular flexibility index (Phi) is 6.05. The minimum atomic E-state index is -0.499. The van der Waals surface area contributed by atoms with Crippen LogP contribution in [0.3, 0.4) is 0 Å². The summed E-state index contributed by atoms with van der Waals surface area (Å²) in [7, 11) is 1.51. The molecule has 8 nitrogen and oxygen atoms in total. The summed E-state index contributed by atoms with van der Waals surface area (Å²) >= 11 is 0. The van der Waals surface area contributed by atoms with E-state index in [1.165, 1.54) is 31.5 Å². The third-order valence-corrected chi connectivity index (χ3v) is 3.18. The Hall–Kier alpha value is -3.42. The minimum absolute atomic E-state index is 0.0479. The van der Waals surface area contributed by atoms with E-state index in [9.17, 15) is 14.9 Å². The molecule has 1 amide bonds. The number of carbonyl (C=O) groups is 1. The van der Waals surface area contributed by atoms with Crippen LogP contribution in [0.15, 0.2) is 47.6 Å². The number of hydrogen-bond acceptors (Lipinski definition) is 6. The first kappa shape index (κ1) is 17.9. The summed E-state index contributed by atoms with van der Waals surface area (Å²) in [4.78, 5) is 27.0. The van der Waals surface area contributed by atoms with Crippen LogP contribution in [0.2, 0.25) is 0 Å². The van der Waals surface area contributed by atoms with Gasteiger partial charge in [0, 0.05) is 17.7 Å². The van der Waals surface area contributed by atoms with Gasteiger partial charge < -0.3 is 14.9 Å². The quantitative estimate of drug-likeness (QED) is 0.473. The zero-order valence-corrected chi connectivity index (χ0v) is 13.8. The van der Waals surface area contributed by atoms with Gasteiger partial charge in [-0.3, -0.25) is 14.9 Å². The van der Waals surface area contributed by atoms with E-state index in [-0.39, 0.29) is 12.3 Å². The lowest BCUT2D eigenvalue weighted by molar-refractivity contribution is -0.384. The van der Waals surface area contributed by atoms with Crippen molar-refractivity contribution in [3.05, 3.63) is 63.7 Å². The van der Waals surface area contributed by atoms with Gasteiger partial charge in [-0.1, -0.05) is 23.4 Å². The molecule has 2 aromatic rings. The highest BCUT2D eigenvalue weighted by atomic mass is 16.6. The minimum Gasteiger partial charge on any atom is -0.495 e. The SMILES string of the molecule is COc1ccc(C)cc1NC(=O)CO/N=C\c1cccc([N+](=O)[O-])c1. The second kappa shape index (κ2) is 8.44. The number of oxime groups is 1. The van der Waals surface area contributed by atoms with E-state index in [1.54, 1.807) is 18.2 Å². The number of carbonyl (C=O) groups excluding carboxylic acids is 1. The second-order valence-electron chi connectivity index (χ2n) is 5.11. The fourth-order valence-electron chi connectivity index (χ4n) is 2.02. The molecule has 0 unspecified atom stereocenters. The Bertz CT molecular complexity index is 805. The highest BCUT2D eigenvalue weighted by Crippen LogP contribution is 2.25. The van der Waals surface area contributed by atoms with Gasteiger partial charge in [0.2, 0.25) is 0 Å². The number of rotatable bonds is 7. The number of anilines is 1. The van der Waals surface area contributed by atoms with Crippen LogP contribution in [-0.2, 0) is 9.63 Å². The molecule has 0 atom stereocenters. The van der Waals surface area contributed by atoms with E-state index < -0.39 is 10.8 Å². The monoisotopic (exact) mass is 343 g/mol. The maximum atomic E-state index is 11.9. The predicted molar refractivity (Wildman–Crippen MR) is 93.0 cm³/mol. The van der Waals surface area contributed by atoms with Crippen molar-refractivity contribution in [1.29, 1.82) is 0 Å². The van der Waals surface area contributed by atoms with E-state index in [2.05, 4.69) is 10.5 Å². The number of nitrogens with zero attached hydrogens (tertiary/aromatic N) is 2. The average molecular weight is 343 g/mol. The predicted octanol–water partition coefficient (Wildman–Crippen LogP) is 2.90. The van der Waals surface area contributed by atoms with Gasteiger partial charge in [-0.25, -0.2) is 0 Å². The first-order valence-electron chi connectivity index (χ1n) is 7.34. The number of aryl methyl sites for hydroxylation is 1. The third-order valence-electron chi connectivity index (χ3n) is 3.18. The summed E-state index contributed by atoms with van der Waals surface area (Å²) in [5.41, 5.74) is 1.96. The molecule has 2 rings (SSSR count).